The van der Waals surface area contributed by atoms with E-state index in [2.05, 4.69) is 22.0 Å². The average Bonchev–Trinajstić information content (AvgIpc) is 2.98. The second kappa shape index (κ2) is 6.54. The predicted octanol–water partition coefficient (Wildman–Crippen LogP) is 5.67. The summed E-state index contributed by atoms with van der Waals surface area (Å²) in [6, 6.07) is 19.9. The molecule has 24 heavy (non-hydrogen) atoms. The molecule has 0 amide bonds. The number of Topliss-reactive ketones (excluding diaryl/α,β-unsaturated/α-hetero) is 1. The van der Waals surface area contributed by atoms with Gasteiger partial charge < -0.3 is 4.74 Å². The zero-order valence-electron chi connectivity index (χ0n) is 12.9. The van der Waals surface area contributed by atoms with Crippen LogP contribution in [0.4, 0.5) is 0 Å². The van der Waals surface area contributed by atoms with E-state index in [0.29, 0.717) is 6.61 Å². The first kappa shape index (κ1) is 15.6. The number of benzene rings is 2. The Hall–Kier alpha value is -1.91. The van der Waals surface area contributed by atoms with E-state index in [1.54, 1.807) is 11.3 Å². The molecule has 0 fully saturated rings. The summed E-state index contributed by atoms with van der Waals surface area (Å²) in [6.45, 7) is 0.644. The Bertz CT molecular complexity index is 886. The highest BCUT2D eigenvalue weighted by Gasteiger charge is 2.25. The van der Waals surface area contributed by atoms with E-state index in [-0.39, 0.29) is 10.6 Å². The molecule has 120 valence electrons. The van der Waals surface area contributed by atoms with Crippen LogP contribution in [0.3, 0.4) is 0 Å². The quantitative estimate of drug-likeness (QED) is 0.419. The van der Waals surface area contributed by atoms with Gasteiger partial charge in [0.1, 0.15) is 10.6 Å². The molecular formula is C20H15BrO2S. The summed E-state index contributed by atoms with van der Waals surface area (Å²) in [7, 11) is 0. The van der Waals surface area contributed by atoms with Gasteiger partial charge in [0.25, 0.3) is 0 Å². The van der Waals surface area contributed by atoms with Gasteiger partial charge >= 0.3 is 0 Å². The average molecular weight is 399 g/mol. The van der Waals surface area contributed by atoms with Crippen molar-refractivity contribution in [2.45, 2.75) is 11.2 Å². The molecule has 0 N–H and O–H groups in total. The van der Waals surface area contributed by atoms with Crippen LogP contribution in [0.5, 0.6) is 5.75 Å². The Morgan fingerprint density at radius 3 is 2.67 bits per heavy atom. The van der Waals surface area contributed by atoms with E-state index < -0.39 is 0 Å². The minimum absolute atomic E-state index is 0.109. The molecule has 3 aromatic rings. The SMILES string of the molecule is O=C(c1cc2c(s1)-c1ccccc1OCC2)C(Br)c1ccccc1. The van der Waals surface area contributed by atoms with Crippen LogP contribution < -0.4 is 4.74 Å². The third-order valence-corrected chi connectivity index (χ3v) is 6.30. The molecule has 2 heterocycles. The van der Waals surface area contributed by atoms with Crippen molar-refractivity contribution in [2.75, 3.05) is 6.61 Å². The highest BCUT2D eigenvalue weighted by Crippen LogP contribution is 2.42. The molecule has 4 rings (SSSR count). The van der Waals surface area contributed by atoms with Gasteiger partial charge in [-0.3, -0.25) is 4.79 Å². The predicted molar refractivity (Wildman–Crippen MR) is 101 cm³/mol. The Balaban J connectivity index is 1.72. The maximum Gasteiger partial charge on any atom is 0.190 e. The van der Waals surface area contributed by atoms with E-state index in [1.807, 2.05) is 54.6 Å². The molecule has 4 heteroatoms. The van der Waals surface area contributed by atoms with Crippen molar-refractivity contribution in [3.63, 3.8) is 0 Å². The van der Waals surface area contributed by atoms with E-state index in [1.165, 1.54) is 5.56 Å². The molecule has 1 aromatic heterocycles. The number of ketones is 1. The van der Waals surface area contributed by atoms with Gasteiger partial charge in [0.15, 0.2) is 5.78 Å². The summed E-state index contributed by atoms with van der Waals surface area (Å²) in [5, 5.41) is 0. The monoisotopic (exact) mass is 398 g/mol. The van der Waals surface area contributed by atoms with Gasteiger partial charge in [0.2, 0.25) is 0 Å². The Labute approximate surface area is 153 Å². The molecule has 0 spiro atoms. The number of para-hydroxylation sites is 1. The third-order valence-electron chi connectivity index (χ3n) is 4.13. The minimum atomic E-state index is -0.313. The van der Waals surface area contributed by atoms with Crippen LogP contribution in [0, 0.1) is 0 Å². The molecule has 1 atom stereocenters. The highest BCUT2D eigenvalue weighted by atomic mass is 79.9. The maximum absolute atomic E-state index is 12.9. The number of ether oxygens (including phenoxy) is 1. The van der Waals surface area contributed by atoms with Crippen LogP contribution in [-0.2, 0) is 6.42 Å². The number of halogens is 1. The summed E-state index contributed by atoms with van der Waals surface area (Å²) in [4.78, 5) is 14.5. The number of carbonyl (C=O) groups excluding carboxylic acids is 1. The Morgan fingerprint density at radius 1 is 1.08 bits per heavy atom. The number of thiophene rings is 1. The summed E-state index contributed by atoms with van der Waals surface area (Å²) >= 11 is 5.12. The van der Waals surface area contributed by atoms with E-state index in [4.69, 9.17) is 4.74 Å². The molecule has 0 saturated heterocycles. The molecule has 2 nitrogen and oxygen atoms in total. The van der Waals surface area contributed by atoms with Gasteiger partial charge in [0.05, 0.1) is 11.5 Å². The molecule has 1 aliphatic rings. The van der Waals surface area contributed by atoms with E-state index >= 15 is 0 Å². The molecule has 0 radical (unpaired) electrons. The smallest absolute Gasteiger partial charge is 0.190 e. The molecule has 0 saturated carbocycles. The van der Waals surface area contributed by atoms with Gasteiger partial charge in [-0.15, -0.1) is 11.3 Å². The largest absolute Gasteiger partial charge is 0.493 e. The molecule has 1 unspecified atom stereocenters. The first-order valence-electron chi connectivity index (χ1n) is 7.82. The minimum Gasteiger partial charge on any atom is -0.493 e. The maximum atomic E-state index is 12.9. The first-order valence-corrected chi connectivity index (χ1v) is 9.55. The Kier molecular flexibility index (Phi) is 4.25. The summed E-state index contributed by atoms with van der Waals surface area (Å²) in [6.07, 6.45) is 0.825. The number of alkyl halides is 1. The van der Waals surface area contributed by atoms with Gasteiger partial charge in [0, 0.05) is 16.9 Å². The lowest BCUT2D eigenvalue weighted by atomic mass is 10.1. The fraction of sp³-hybridized carbons (Fsp3) is 0.150. The van der Waals surface area contributed by atoms with Gasteiger partial charge in [-0.1, -0.05) is 58.4 Å². The normalized spacial score (nSPS) is 14.0. The molecule has 2 aromatic carbocycles. The lowest BCUT2D eigenvalue weighted by molar-refractivity contribution is 0.0995. The number of hydrogen-bond acceptors (Lipinski definition) is 3. The number of rotatable bonds is 3. The van der Waals surface area contributed by atoms with Crippen molar-refractivity contribution in [2.24, 2.45) is 0 Å². The standard InChI is InChI=1S/C20H15BrO2S/c21-18(13-6-2-1-3-7-13)19(22)17-12-14-10-11-23-16-9-5-4-8-15(16)20(14)24-17/h1-9,12,18H,10-11H2. The second-order valence-electron chi connectivity index (χ2n) is 5.70. The molecule has 0 bridgehead atoms. The first-order chi connectivity index (χ1) is 11.7. The van der Waals surface area contributed by atoms with Gasteiger partial charge in [-0.05, 0) is 29.3 Å². The molecular weight excluding hydrogens is 384 g/mol. The van der Waals surface area contributed by atoms with E-state index in [0.717, 1.165) is 33.1 Å². The van der Waals surface area contributed by atoms with Crippen LogP contribution in [0.1, 0.15) is 25.6 Å². The van der Waals surface area contributed by atoms with Crippen molar-refractivity contribution < 1.29 is 9.53 Å². The van der Waals surface area contributed by atoms with Crippen LogP contribution >= 0.6 is 27.3 Å². The van der Waals surface area contributed by atoms with Crippen molar-refractivity contribution >= 4 is 33.0 Å². The lowest BCUT2D eigenvalue weighted by Gasteiger charge is -2.08. The fourth-order valence-corrected chi connectivity index (χ4v) is 4.83. The van der Waals surface area contributed by atoms with Crippen LogP contribution in [0.15, 0.2) is 60.7 Å². The van der Waals surface area contributed by atoms with Crippen molar-refractivity contribution in [1.82, 2.24) is 0 Å². The van der Waals surface area contributed by atoms with Crippen LogP contribution in [-0.4, -0.2) is 12.4 Å². The van der Waals surface area contributed by atoms with Crippen LogP contribution in [0.2, 0.25) is 0 Å². The molecule has 1 aliphatic heterocycles. The number of hydrogen-bond donors (Lipinski definition) is 0. The molecule has 0 aliphatic carbocycles. The number of fused-ring (bicyclic) bond motifs is 3. The topological polar surface area (TPSA) is 26.3 Å². The summed E-state index contributed by atoms with van der Waals surface area (Å²) < 4.78 is 5.82. The van der Waals surface area contributed by atoms with Crippen LogP contribution in [0.25, 0.3) is 10.4 Å². The zero-order chi connectivity index (χ0) is 16.5. The van der Waals surface area contributed by atoms with Crippen molar-refractivity contribution in [1.29, 1.82) is 0 Å². The highest BCUT2D eigenvalue weighted by molar-refractivity contribution is 9.09. The second-order valence-corrected chi connectivity index (χ2v) is 7.66. The number of carbonyl (C=O) groups is 1. The zero-order valence-corrected chi connectivity index (χ0v) is 15.3. The van der Waals surface area contributed by atoms with Crippen molar-refractivity contribution in [3.8, 4) is 16.2 Å². The summed E-state index contributed by atoms with van der Waals surface area (Å²) in [5.74, 6) is 1.01. The van der Waals surface area contributed by atoms with E-state index in [9.17, 15) is 4.79 Å². The van der Waals surface area contributed by atoms with Gasteiger partial charge in [-0.25, -0.2) is 0 Å². The fourth-order valence-electron chi connectivity index (χ4n) is 2.91. The lowest BCUT2D eigenvalue weighted by Crippen LogP contribution is -2.05. The van der Waals surface area contributed by atoms with Gasteiger partial charge in [-0.2, -0.15) is 0 Å². The third kappa shape index (κ3) is 2.80. The Morgan fingerprint density at radius 2 is 1.83 bits per heavy atom. The summed E-state index contributed by atoms with van der Waals surface area (Å²) in [5.41, 5.74) is 3.26. The van der Waals surface area contributed by atoms with Crippen molar-refractivity contribution in [3.05, 3.63) is 76.7 Å².